The van der Waals surface area contributed by atoms with Gasteiger partial charge in [-0.2, -0.15) is 0 Å². The molecular weight excluding hydrogens is 286 g/mol. The summed E-state index contributed by atoms with van der Waals surface area (Å²) in [6.45, 7) is 22.2. The zero-order valence-corrected chi connectivity index (χ0v) is 16.3. The van der Waals surface area contributed by atoms with Gasteiger partial charge in [-0.3, -0.25) is 9.80 Å². The predicted octanol–water partition coefficient (Wildman–Crippen LogP) is 2.13. The molecule has 23 heavy (non-hydrogen) atoms. The molecule has 0 aliphatic carbocycles. The van der Waals surface area contributed by atoms with Gasteiger partial charge >= 0.3 is 0 Å². The minimum absolute atomic E-state index is 0.212. The Morgan fingerprint density at radius 3 is 2.00 bits per heavy atom. The van der Waals surface area contributed by atoms with E-state index in [0.717, 1.165) is 26.2 Å². The number of piperidine rings is 1. The van der Waals surface area contributed by atoms with Crippen molar-refractivity contribution < 1.29 is 5.11 Å². The SMILES string of the molecule is CC(C)(C)CN1CCN(C2CCN(C(C)(C)C)C[C@@H]2CO)CC1. The molecule has 0 spiro atoms. The number of nitrogens with zero attached hydrogens (tertiary/aromatic N) is 3. The molecule has 2 saturated heterocycles. The van der Waals surface area contributed by atoms with Crippen LogP contribution in [0.4, 0.5) is 0 Å². The first kappa shape index (κ1) is 19.2. The normalized spacial score (nSPS) is 29.9. The number of aliphatic hydroxyl groups is 1. The van der Waals surface area contributed by atoms with Crippen molar-refractivity contribution in [3.63, 3.8) is 0 Å². The van der Waals surface area contributed by atoms with Crippen LogP contribution in [0, 0.1) is 11.3 Å². The van der Waals surface area contributed by atoms with Gasteiger partial charge < -0.3 is 10.0 Å². The van der Waals surface area contributed by atoms with E-state index in [1.54, 1.807) is 0 Å². The molecule has 2 fully saturated rings. The van der Waals surface area contributed by atoms with Crippen LogP contribution in [0.25, 0.3) is 0 Å². The first-order valence-corrected chi connectivity index (χ1v) is 9.42. The van der Waals surface area contributed by atoms with Crippen LogP contribution in [-0.4, -0.2) is 83.8 Å². The highest BCUT2D eigenvalue weighted by Crippen LogP contribution is 2.28. The van der Waals surface area contributed by atoms with Gasteiger partial charge in [-0.25, -0.2) is 0 Å². The summed E-state index contributed by atoms with van der Waals surface area (Å²) in [5, 5.41) is 9.92. The average Bonchev–Trinajstić information content (AvgIpc) is 2.45. The molecule has 0 aromatic carbocycles. The molecule has 2 atom stereocenters. The van der Waals surface area contributed by atoms with Crippen molar-refractivity contribution in [1.82, 2.24) is 14.7 Å². The Labute approximate surface area is 143 Å². The van der Waals surface area contributed by atoms with Crippen LogP contribution in [-0.2, 0) is 0 Å². The second-order valence-corrected chi connectivity index (χ2v) is 9.79. The Morgan fingerprint density at radius 1 is 0.913 bits per heavy atom. The molecule has 2 rings (SSSR count). The van der Waals surface area contributed by atoms with E-state index in [-0.39, 0.29) is 5.54 Å². The quantitative estimate of drug-likeness (QED) is 0.861. The highest BCUT2D eigenvalue weighted by Gasteiger charge is 2.37. The average molecular weight is 326 g/mol. The standard InChI is InChI=1S/C19H39N3O/c1-18(2,3)15-20-9-11-21(12-10-20)17-7-8-22(19(4,5)6)13-16(17)14-23/h16-17,23H,7-15H2,1-6H3/t16-,17?/m1/s1. The minimum atomic E-state index is 0.212. The largest absolute Gasteiger partial charge is 0.396 e. The zero-order chi connectivity index (χ0) is 17.3. The third kappa shape index (κ3) is 5.42. The fourth-order valence-corrected chi connectivity index (χ4v) is 4.21. The molecule has 4 heteroatoms. The summed E-state index contributed by atoms with van der Waals surface area (Å²) < 4.78 is 0. The summed E-state index contributed by atoms with van der Waals surface area (Å²) in [6, 6.07) is 0.565. The fraction of sp³-hybridized carbons (Fsp3) is 1.00. The Balaban J connectivity index is 1.88. The number of piperazine rings is 1. The molecule has 2 aliphatic heterocycles. The molecule has 1 N–H and O–H groups in total. The van der Waals surface area contributed by atoms with Crippen LogP contribution in [0.15, 0.2) is 0 Å². The molecule has 0 aromatic rings. The molecule has 2 heterocycles. The number of rotatable bonds is 3. The van der Waals surface area contributed by atoms with Gasteiger partial charge in [0.15, 0.2) is 0 Å². The molecule has 0 bridgehead atoms. The predicted molar refractivity (Wildman–Crippen MR) is 97.8 cm³/mol. The summed E-state index contributed by atoms with van der Waals surface area (Å²) >= 11 is 0. The molecular formula is C19H39N3O. The lowest BCUT2D eigenvalue weighted by Gasteiger charge is -2.49. The topological polar surface area (TPSA) is 30.0 Å². The van der Waals surface area contributed by atoms with E-state index >= 15 is 0 Å². The summed E-state index contributed by atoms with van der Waals surface area (Å²) in [7, 11) is 0. The van der Waals surface area contributed by atoms with Crippen molar-refractivity contribution in [1.29, 1.82) is 0 Å². The summed E-state index contributed by atoms with van der Waals surface area (Å²) in [5.41, 5.74) is 0.595. The maximum atomic E-state index is 9.92. The summed E-state index contributed by atoms with van der Waals surface area (Å²) in [5.74, 6) is 0.400. The van der Waals surface area contributed by atoms with Gasteiger partial charge in [0.25, 0.3) is 0 Å². The lowest BCUT2D eigenvalue weighted by atomic mass is 9.88. The Kier molecular flexibility index (Phi) is 6.15. The molecule has 0 amide bonds. The zero-order valence-electron chi connectivity index (χ0n) is 16.3. The number of hydrogen-bond acceptors (Lipinski definition) is 4. The molecule has 0 saturated carbocycles. The van der Waals surface area contributed by atoms with Crippen LogP contribution >= 0.6 is 0 Å². The molecule has 1 unspecified atom stereocenters. The molecule has 4 nitrogen and oxygen atoms in total. The van der Waals surface area contributed by atoms with Gasteiger partial charge in [0.2, 0.25) is 0 Å². The van der Waals surface area contributed by atoms with E-state index in [9.17, 15) is 5.11 Å². The maximum Gasteiger partial charge on any atom is 0.0486 e. The Morgan fingerprint density at radius 2 is 1.52 bits per heavy atom. The van der Waals surface area contributed by atoms with E-state index in [2.05, 4.69) is 56.2 Å². The highest BCUT2D eigenvalue weighted by molar-refractivity contribution is 4.92. The third-order valence-electron chi connectivity index (χ3n) is 5.45. The van der Waals surface area contributed by atoms with Crippen molar-refractivity contribution >= 4 is 0 Å². The van der Waals surface area contributed by atoms with Gasteiger partial charge in [0, 0.05) is 69.9 Å². The Bertz CT molecular complexity index is 364. The van der Waals surface area contributed by atoms with Gasteiger partial charge in [0.05, 0.1) is 0 Å². The van der Waals surface area contributed by atoms with Gasteiger partial charge in [0.1, 0.15) is 0 Å². The van der Waals surface area contributed by atoms with Crippen LogP contribution in [0.1, 0.15) is 48.0 Å². The first-order chi connectivity index (χ1) is 10.6. The van der Waals surface area contributed by atoms with Crippen molar-refractivity contribution in [3.05, 3.63) is 0 Å². The van der Waals surface area contributed by atoms with Gasteiger partial charge in [-0.15, -0.1) is 0 Å². The lowest BCUT2D eigenvalue weighted by molar-refractivity contribution is -0.0237. The second kappa shape index (κ2) is 7.38. The number of aliphatic hydroxyl groups excluding tert-OH is 1. The van der Waals surface area contributed by atoms with Crippen LogP contribution in [0.2, 0.25) is 0 Å². The van der Waals surface area contributed by atoms with Gasteiger partial charge in [-0.05, 0) is 32.6 Å². The van der Waals surface area contributed by atoms with E-state index < -0.39 is 0 Å². The van der Waals surface area contributed by atoms with Crippen molar-refractivity contribution in [2.24, 2.45) is 11.3 Å². The lowest BCUT2D eigenvalue weighted by Crippen LogP contribution is -2.60. The van der Waals surface area contributed by atoms with Crippen molar-refractivity contribution in [2.45, 2.75) is 59.5 Å². The summed E-state index contributed by atoms with van der Waals surface area (Å²) in [6.07, 6.45) is 1.20. The first-order valence-electron chi connectivity index (χ1n) is 9.42. The van der Waals surface area contributed by atoms with E-state index in [4.69, 9.17) is 0 Å². The highest BCUT2D eigenvalue weighted by atomic mass is 16.3. The van der Waals surface area contributed by atoms with E-state index in [0.29, 0.717) is 24.0 Å². The number of hydrogen-bond donors (Lipinski definition) is 1. The molecule has 136 valence electrons. The minimum Gasteiger partial charge on any atom is -0.396 e. The summed E-state index contributed by atoms with van der Waals surface area (Å²) in [4.78, 5) is 7.80. The van der Waals surface area contributed by atoms with Crippen molar-refractivity contribution in [2.75, 3.05) is 52.4 Å². The second-order valence-electron chi connectivity index (χ2n) is 9.79. The van der Waals surface area contributed by atoms with Gasteiger partial charge in [-0.1, -0.05) is 20.8 Å². The van der Waals surface area contributed by atoms with Crippen LogP contribution in [0.3, 0.4) is 0 Å². The maximum absolute atomic E-state index is 9.92. The molecule has 0 aromatic heterocycles. The van der Waals surface area contributed by atoms with E-state index in [1.165, 1.54) is 26.1 Å². The Hall–Kier alpha value is -0.160. The number of likely N-dealkylation sites (tertiary alicyclic amines) is 1. The monoisotopic (exact) mass is 325 g/mol. The fourth-order valence-electron chi connectivity index (χ4n) is 4.21. The molecule has 2 aliphatic rings. The van der Waals surface area contributed by atoms with Crippen LogP contribution in [0.5, 0.6) is 0 Å². The van der Waals surface area contributed by atoms with Crippen molar-refractivity contribution in [3.8, 4) is 0 Å². The third-order valence-corrected chi connectivity index (χ3v) is 5.45. The smallest absolute Gasteiger partial charge is 0.0486 e. The molecule has 0 radical (unpaired) electrons. The van der Waals surface area contributed by atoms with E-state index in [1.807, 2.05) is 0 Å². The van der Waals surface area contributed by atoms with Crippen LogP contribution < -0.4 is 0 Å².